The molecule has 0 bridgehead atoms. The van der Waals surface area contributed by atoms with Gasteiger partial charge in [-0.15, -0.1) is 0 Å². The van der Waals surface area contributed by atoms with Gasteiger partial charge in [-0.2, -0.15) is 0 Å². The number of carboxylic acids is 1. The minimum Gasteiger partial charge on any atom is -0.481 e. The second-order valence-electron chi connectivity index (χ2n) is 5.86. The summed E-state index contributed by atoms with van der Waals surface area (Å²) in [6.45, 7) is 4.46. The van der Waals surface area contributed by atoms with Gasteiger partial charge < -0.3 is 20.1 Å². The highest BCUT2D eigenvalue weighted by atomic mass is 16.5. The van der Waals surface area contributed by atoms with E-state index in [9.17, 15) is 9.59 Å². The Kier molecular flexibility index (Phi) is 5.23. The van der Waals surface area contributed by atoms with E-state index in [1.165, 1.54) is 0 Å². The van der Waals surface area contributed by atoms with E-state index in [0.29, 0.717) is 32.2 Å². The lowest BCUT2D eigenvalue weighted by molar-refractivity contribution is -0.143. The molecule has 2 aliphatic rings. The van der Waals surface area contributed by atoms with Crippen LogP contribution in [0.25, 0.3) is 0 Å². The first-order chi connectivity index (χ1) is 9.58. The van der Waals surface area contributed by atoms with E-state index < -0.39 is 5.97 Å². The number of ether oxygens (including phenoxy) is 1. The van der Waals surface area contributed by atoms with Gasteiger partial charge in [-0.05, 0) is 38.5 Å². The minimum absolute atomic E-state index is 0.0267. The Labute approximate surface area is 119 Å². The highest BCUT2D eigenvalue weighted by molar-refractivity contribution is 5.74. The Morgan fingerprint density at radius 2 is 2.00 bits per heavy atom. The summed E-state index contributed by atoms with van der Waals surface area (Å²) in [6.07, 6.45) is 3.22. The maximum absolute atomic E-state index is 12.1. The van der Waals surface area contributed by atoms with Gasteiger partial charge in [0.05, 0.1) is 25.2 Å². The van der Waals surface area contributed by atoms with Crippen molar-refractivity contribution in [3.8, 4) is 0 Å². The molecule has 0 radical (unpaired) electrons. The van der Waals surface area contributed by atoms with Crippen molar-refractivity contribution in [3.63, 3.8) is 0 Å². The molecule has 0 aromatic carbocycles. The lowest BCUT2D eigenvalue weighted by Gasteiger charge is -2.34. The third-order valence-corrected chi connectivity index (χ3v) is 4.37. The maximum Gasteiger partial charge on any atom is 0.317 e. The smallest absolute Gasteiger partial charge is 0.317 e. The van der Waals surface area contributed by atoms with Crippen LogP contribution in [0.4, 0.5) is 4.79 Å². The summed E-state index contributed by atoms with van der Waals surface area (Å²) >= 11 is 0. The summed E-state index contributed by atoms with van der Waals surface area (Å²) in [5.41, 5.74) is 0. The van der Waals surface area contributed by atoms with Crippen molar-refractivity contribution in [2.45, 2.75) is 38.6 Å². The van der Waals surface area contributed by atoms with Crippen molar-refractivity contribution in [3.05, 3.63) is 0 Å². The van der Waals surface area contributed by atoms with E-state index >= 15 is 0 Å². The highest BCUT2D eigenvalue weighted by Gasteiger charge is 2.27. The lowest BCUT2D eigenvalue weighted by Crippen LogP contribution is -2.52. The Bertz CT molecular complexity index is 353. The quantitative estimate of drug-likeness (QED) is 0.819. The topological polar surface area (TPSA) is 78.9 Å². The van der Waals surface area contributed by atoms with Gasteiger partial charge in [0.25, 0.3) is 0 Å². The van der Waals surface area contributed by atoms with Crippen LogP contribution < -0.4 is 5.32 Å². The second-order valence-corrected chi connectivity index (χ2v) is 5.86. The van der Waals surface area contributed by atoms with Crippen LogP contribution in [0.5, 0.6) is 0 Å². The summed E-state index contributed by atoms with van der Waals surface area (Å²) in [7, 11) is 0. The van der Waals surface area contributed by atoms with Crippen LogP contribution in [0.1, 0.15) is 32.6 Å². The zero-order valence-corrected chi connectivity index (χ0v) is 12.0. The standard InChI is InChI=1S/C14H24N2O4/c1-10-9-20-7-6-16(10)14(19)15-8-11-2-4-12(5-3-11)13(17)18/h10-12H,2-9H2,1H3,(H,15,19)(H,17,18). The van der Waals surface area contributed by atoms with Gasteiger partial charge in [0, 0.05) is 13.1 Å². The predicted molar refractivity (Wildman–Crippen MR) is 73.5 cm³/mol. The Balaban J connectivity index is 1.70. The van der Waals surface area contributed by atoms with Crippen LogP contribution in [0.2, 0.25) is 0 Å². The average Bonchev–Trinajstić information content (AvgIpc) is 2.45. The first-order valence-corrected chi connectivity index (χ1v) is 7.43. The highest BCUT2D eigenvalue weighted by Crippen LogP contribution is 2.28. The molecular formula is C14H24N2O4. The van der Waals surface area contributed by atoms with E-state index in [-0.39, 0.29) is 18.0 Å². The number of morpholine rings is 1. The monoisotopic (exact) mass is 284 g/mol. The van der Waals surface area contributed by atoms with Crippen molar-refractivity contribution >= 4 is 12.0 Å². The van der Waals surface area contributed by atoms with Crippen molar-refractivity contribution in [1.82, 2.24) is 10.2 Å². The largest absolute Gasteiger partial charge is 0.481 e. The predicted octanol–water partition coefficient (Wildman–Crippen LogP) is 1.31. The first kappa shape index (κ1) is 15.1. The van der Waals surface area contributed by atoms with Crippen LogP contribution in [-0.4, -0.2) is 54.4 Å². The molecule has 0 aromatic heterocycles. The molecule has 1 heterocycles. The Morgan fingerprint density at radius 1 is 1.30 bits per heavy atom. The van der Waals surface area contributed by atoms with Crippen molar-refractivity contribution in [2.75, 3.05) is 26.3 Å². The van der Waals surface area contributed by atoms with Gasteiger partial charge in [-0.25, -0.2) is 4.79 Å². The van der Waals surface area contributed by atoms with Crippen LogP contribution in [0.15, 0.2) is 0 Å². The zero-order valence-electron chi connectivity index (χ0n) is 12.0. The minimum atomic E-state index is -0.686. The van der Waals surface area contributed by atoms with Crippen LogP contribution in [0.3, 0.4) is 0 Å². The molecule has 0 aromatic rings. The number of amides is 2. The van der Waals surface area contributed by atoms with Gasteiger partial charge in [0.1, 0.15) is 0 Å². The van der Waals surface area contributed by atoms with Crippen molar-refractivity contribution in [2.24, 2.45) is 11.8 Å². The second kappa shape index (κ2) is 6.92. The number of aliphatic carboxylic acids is 1. The SMILES string of the molecule is CC1COCCN1C(=O)NCC1CCC(C(=O)O)CC1. The molecule has 2 rings (SSSR count). The van der Waals surface area contributed by atoms with E-state index in [2.05, 4.69) is 5.32 Å². The number of hydrogen-bond donors (Lipinski definition) is 2. The summed E-state index contributed by atoms with van der Waals surface area (Å²) in [5, 5.41) is 11.9. The molecule has 20 heavy (non-hydrogen) atoms. The Hall–Kier alpha value is -1.30. The maximum atomic E-state index is 12.1. The summed E-state index contributed by atoms with van der Waals surface area (Å²) in [6, 6.07) is 0.0904. The summed E-state index contributed by atoms with van der Waals surface area (Å²) in [5.74, 6) is -0.471. The van der Waals surface area contributed by atoms with Crippen molar-refractivity contribution in [1.29, 1.82) is 0 Å². The van der Waals surface area contributed by atoms with E-state index in [1.807, 2.05) is 11.8 Å². The van der Waals surface area contributed by atoms with Crippen LogP contribution >= 0.6 is 0 Å². The fourth-order valence-electron chi connectivity index (χ4n) is 2.98. The normalized spacial score (nSPS) is 30.9. The van der Waals surface area contributed by atoms with E-state index in [1.54, 1.807) is 0 Å². The zero-order chi connectivity index (χ0) is 14.5. The Morgan fingerprint density at radius 3 is 2.60 bits per heavy atom. The fraction of sp³-hybridized carbons (Fsp3) is 0.857. The number of urea groups is 1. The van der Waals surface area contributed by atoms with Gasteiger partial charge in [-0.1, -0.05) is 0 Å². The third kappa shape index (κ3) is 3.85. The molecule has 114 valence electrons. The van der Waals surface area contributed by atoms with E-state index in [0.717, 1.165) is 25.7 Å². The molecular weight excluding hydrogens is 260 g/mol. The van der Waals surface area contributed by atoms with Crippen LogP contribution in [-0.2, 0) is 9.53 Å². The molecule has 1 unspecified atom stereocenters. The molecule has 1 saturated carbocycles. The number of nitrogens with one attached hydrogen (secondary N) is 1. The van der Waals surface area contributed by atoms with Gasteiger partial charge in [0.15, 0.2) is 0 Å². The summed E-state index contributed by atoms with van der Waals surface area (Å²) < 4.78 is 5.31. The number of hydrogen-bond acceptors (Lipinski definition) is 3. The van der Waals surface area contributed by atoms with Gasteiger partial charge in [0.2, 0.25) is 0 Å². The lowest BCUT2D eigenvalue weighted by atomic mass is 9.82. The molecule has 1 saturated heterocycles. The molecule has 1 atom stereocenters. The fourth-order valence-corrected chi connectivity index (χ4v) is 2.98. The van der Waals surface area contributed by atoms with Crippen LogP contribution in [0, 0.1) is 11.8 Å². The van der Waals surface area contributed by atoms with Gasteiger partial charge >= 0.3 is 12.0 Å². The molecule has 2 amide bonds. The number of rotatable bonds is 3. The summed E-state index contributed by atoms with van der Waals surface area (Å²) in [4.78, 5) is 24.8. The number of carboxylic acid groups (broad SMARTS) is 1. The molecule has 2 fully saturated rings. The molecule has 2 N–H and O–H groups in total. The average molecular weight is 284 g/mol. The number of carbonyl (C=O) groups is 2. The molecule has 1 aliphatic carbocycles. The van der Waals surface area contributed by atoms with Gasteiger partial charge in [-0.3, -0.25) is 4.79 Å². The molecule has 6 heteroatoms. The van der Waals surface area contributed by atoms with E-state index in [4.69, 9.17) is 9.84 Å². The first-order valence-electron chi connectivity index (χ1n) is 7.43. The number of carbonyl (C=O) groups excluding carboxylic acids is 1. The molecule has 0 spiro atoms. The molecule has 6 nitrogen and oxygen atoms in total. The van der Waals surface area contributed by atoms with Crippen molar-refractivity contribution < 1.29 is 19.4 Å². The molecule has 1 aliphatic heterocycles. The number of nitrogens with zero attached hydrogens (tertiary/aromatic N) is 1. The third-order valence-electron chi connectivity index (χ3n) is 4.37.